The summed E-state index contributed by atoms with van der Waals surface area (Å²) >= 11 is 0. The number of nitrogens with zero attached hydrogens (tertiary/aromatic N) is 3. The predicted molar refractivity (Wildman–Crippen MR) is 122 cm³/mol. The number of hydrogen-bond acceptors (Lipinski definition) is 8. The fourth-order valence-corrected chi connectivity index (χ4v) is 3.20. The lowest BCUT2D eigenvalue weighted by Crippen LogP contribution is -2.17. The quantitative estimate of drug-likeness (QED) is 0.403. The van der Waals surface area contributed by atoms with Gasteiger partial charge in [-0.05, 0) is 38.3 Å². The lowest BCUT2D eigenvalue weighted by Gasteiger charge is -2.14. The molecule has 0 bridgehead atoms. The van der Waals surface area contributed by atoms with E-state index in [0.29, 0.717) is 57.2 Å². The first kappa shape index (κ1) is 24.0. The van der Waals surface area contributed by atoms with Crippen LogP contribution in [0.4, 0.5) is 11.9 Å². The highest BCUT2D eigenvalue weighted by Crippen LogP contribution is 2.27. The van der Waals surface area contributed by atoms with Gasteiger partial charge in [0.1, 0.15) is 0 Å². The average molecular weight is 417 g/mol. The van der Waals surface area contributed by atoms with E-state index in [1.165, 1.54) is 5.56 Å². The van der Waals surface area contributed by atoms with E-state index in [-0.39, 0.29) is 0 Å². The number of unbranched alkanes of at least 4 members (excludes halogenated alkanes) is 1. The van der Waals surface area contributed by atoms with Crippen LogP contribution in [0, 0.1) is 20.8 Å². The van der Waals surface area contributed by atoms with E-state index in [0.717, 1.165) is 36.1 Å². The Morgan fingerprint density at radius 1 is 0.833 bits per heavy atom. The zero-order valence-electron chi connectivity index (χ0n) is 18.8. The van der Waals surface area contributed by atoms with E-state index in [9.17, 15) is 0 Å². The Morgan fingerprint density at radius 2 is 1.43 bits per heavy atom. The first-order chi connectivity index (χ1) is 14.5. The second-order valence-corrected chi connectivity index (χ2v) is 7.30. The van der Waals surface area contributed by atoms with E-state index in [1.807, 2.05) is 0 Å². The molecule has 0 unspecified atom stereocenters. The van der Waals surface area contributed by atoms with Crippen molar-refractivity contribution in [2.24, 2.45) is 5.73 Å². The fourth-order valence-electron chi connectivity index (χ4n) is 3.20. The van der Waals surface area contributed by atoms with Crippen LogP contribution in [0.1, 0.15) is 36.5 Å². The lowest BCUT2D eigenvalue weighted by molar-refractivity contribution is 0.0547. The molecule has 0 aliphatic heterocycles. The van der Waals surface area contributed by atoms with Gasteiger partial charge in [-0.2, -0.15) is 15.0 Å². The molecule has 2 rings (SSSR count). The monoisotopic (exact) mass is 416 g/mol. The largest absolute Gasteiger partial charge is 0.378 e. The van der Waals surface area contributed by atoms with Crippen molar-refractivity contribution in [3.05, 3.63) is 28.8 Å². The van der Waals surface area contributed by atoms with Crippen LogP contribution in [0.15, 0.2) is 12.1 Å². The molecule has 2 aromatic rings. The Kier molecular flexibility index (Phi) is 10.5. The van der Waals surface area contributed by atoms with Crippen LogP contribution in [-0.2, 0) is 9.47 Å². The zero-order valence-corrected chi connectivity index (χ0v) is 18.8. The third-order valence-corrected chi connectivity index (χ3v) is 4.51. The molecule has 0 saturated carbocycles. The van der Waals surface area contributed by atoms with E-state index >= 15 is 0 Å². The third-order valence-electron chi connectivity index (χ3n) is 4.51. The van der Waals surface area contributed by atoms with Gasteiger partial charge in [-0.3, -0.25) is 0 Å². The summed E-state index contributed by atoms with van der Waals surface area (Å²) in [7, 11) is 0. The van der Waals surface area contributed by atoms with Crippen molar-refractivity contribution < 1.29 is 9.47 Å². The van der Waals surface area contributed by atoms with Gasteiger partial charge in [0.05, 0.1) is 26.4 Å². The summed E-state index contributed by atoms with van der Waals surface area (Å²) < 4.78 is 10.9. The summed E-state index contributed by atoms with van der Waals surface area (Å²) in [5, 5.41) is 6.57. The highest BCUT2D eigenvalue weighted by atomic mass is 16.5. The van der Waals surface area contributed by atoms with Gasteiger partial charge in [0, 0.05) is 25.2 Å². The Morgan fingerprint density at radius 3 is 2.03 bits per heavy atom. The predicted octanol–water partition coefficient (Wildman–Crippen LogP) is 3.08. The van der Waals surface area contributed by atoms with Gasteiger partial charge in [0.2, 0.25) is 11.9 Å². The summed E-state index contributed by atoms with van der Waals surface area (Å²) in [5.41, 5.74) is 9.99. The molecule has 0 fully saturated rings. The highest BCUT2D eigenvalue weighted by molar-refractivity contribution is 5.67. The van der Waals surface area contributed by atoms with Gasteiger partial charge in [0.25, 0.3) is 0 Å². The SMILES string of the molecule is CCCCNc1nc(NCCOCCOCCN)nc(-c2c(C)cc(C)cc2C)n1. The first-order valence-corrected chi connectivity index (χ1v) is 10.7. The molecule has 8 nitrogen and oxygen atoms in total. The van der Waals surface area contributed by atoms with Gasteiger partial charge < -0.3 is 25.8 Å². The Bertz CT molecular complexity index is 761. The van der Waals surface area contributed by atoms with Crippen LogP contribution in [0.3, 0.4) is 0 Å². The van der Waals surface area contributed by atoms with Crippen LogP contribution in [-0.4, -0.2) is 61.0 Å². The standard InChI is InChI=1S/C22H36N6O2/c1-5-6-8-24-21-26-20(19-17(3)14-16(2)15-18(19)4)27-22(28-21)25-9-11-30-13-12-29-10-7-23/h14-15H,5-13,23H2,1-4H3,(H2,24,25,26,27,28). The van der Waals surface area contributed by atoms with Crippen LogP contribution in [0.2, 0.25) is 0 Å². The van der Waals surface area contributed by atoms with Crippen molar-refractivity contribution in [3.63, 3.8) is 0 Å². The molecule has 0 spiro atoms. The number of aryl methyl sites for hydroxylation is 3. The van der Waals surface area contributed by atoms with E-state index in [4.69, 9.17) is 15.2 Å². The highest BCUT2D eigenvalue weighted by Gasteiger charge is 2.13. The molecule has 1 heterocycles. The number of aromatic nitrogens is 3. The first-order valence-electron chi connectivity index (χ1n) is 10.7. The van der Waals surface area contributed by atoms with Crippen LogP contribution in [0.5, 0.6) is 0 Å². The van der Waals surface area contributed by atoms with Crippen molar-refractivity contribution in [2.45, 2.75) is 40.5 Å². The Balaban J connectivity index is 2.08. The molecular formula is C22H36N6O2. The normalized spacial score (nSPS) is 11.0. The number of nitrogens with two attached hydrogens (primary N) is 1. The van der Waals surface area contributed by atoms with Crippen molar-refractivity contribution in [1.29, 1.82) is 0 Å². The molecule has 0 saturated heterocycles. The van der Waals surface area contributed by atoms with E-state index in [2.05, 4.69) is 65.4 Å². The Labute approximate surface area is 180 Å². The van der Waals surface area contributed by atoms with Gasteiger partial charge in [0.15, 0.2) is 5.82 Å². The third kappa shape index (κ3) is 7.85. The number of hydrogen-bond donors (Lipinski definition) is 3. The molecule has 166 valence electrons. The van der Waals surface area contributed by atoms with Gasteiger partial charge >= 0.3 is 0 Å². The van der Waals surface area contributed by atoms with Crippen molar-refractivity contribution in [2.75, 3.05) is 56.7 Å². The van der Waals surface area contributed by atoms with Gasteiger partial charge in [-0.15, -0.1) is 0 Å². The summed E-state index contributed by atoms with van der Waals surface area (Å²) in [6.45, 7) is 12.6. The molecule has 8 heteroatoms. The van der Waals surface area contributed by atoms with Gasteiger partial charge in [-0.25, -0.2) is 0 Å². The summed E-state index contributed by atoms with van der Waals surface area (Å²) in [4.78, 5) is 13.9. The van der Waals surface area contributed by atoms with E-state index < -0.39 is 0 Å². The van der Waals surface area contributed by atoms with Crippen molar-refractivity contribution >= 4 is 11.9 Å². The molecular weight excluding hydrogens is 380 g/mol. The minimum atomic E-state index is 0.526. The summed E-state index contributed by atoms with van der Waals surface area (Å²) in [6.07, 6.45) is 2.17. The van der Waals surface area contributed by atoms with Crippen LogP contribution >= 0.6 is 0 Å². The lowest BCUT2D eigenvalue weighted by atomic mass is 9.99. The van der Waals surface area contributed by atoms with Crippen molar-refractivity contribution in [3.8, 4) is 11.4 Å². The maximum Gasteiger partial charge on any atom is 0.228 e. The molecule has 0 aliphatic carbocycles. The molecule has 0 radical (unpaired) electrons. The molecule has 30 heavy (non-hydrogen) atoms. The summed E-state index contributed by atoms with van der Waals surface area (Å²) in [6, 6.07) is 4.31. The molecule has 0 amide bonds. The fraction of sp³-hybridized carbons (Fsp3) is 0.591. The topological polar surface area (TPSA) is 107 Å². The average Bonchev–Trinajstić information content (AvgIpc) is 2.69. The number of nitrogens with one attached hydrogen (secondary N) is 2. The van der Waals surface area contributed by atoms with Crippen LogP contribution in [0.25, 0.3) is 11.4 Å². The number of ether oxygens (including phenoxy) is 2. The van der Waals surface area contributed by atoms with Crippen molar-refractivity contribution in [1.82, 2.24) is 15.0 Å². The number of benzene rings is 1. The smallest absolute Gasteiger partial charge is 0.228 e. The minimum absolute atomic E-state index is 0.526. The van der Waals surface area contributed by atoms with E-state index in [1.54, 1.807) is 0 Å². The maximum absolute atomic E-state index is 5.56. The zero-order chi connectivity index (χ0) is 21.8. The number of rotatable bonds is 14. The minimum Gasteiger partial charge on any atom is -0.378 e. The second-order valence-electron chi connectivity index (χ2n) is 7.30. The van der Waals surface area contributed by atoms with Gasteiger partial charge in [-0.1, -0.05) is 31.0 Å². The molecule has 1 aromatic heterocycles. The number of anilines is 2. The molecule has 1 aromatic carbocycles. The molecule has 4 N–H and O–H groups in total. The summed E-state index contributed by atoms with van der Waals surface area (Å²) in [5.74, 6) is 1.81. The molecule has 0 atom stereocenters. The van der Waals surface area contributed by atoms with Crippen LogP contribution < -0.4 is 16.4 Å². The maximum atomic E-state index is 5.56. The molecule has 0 aliphatic rings. The second kappa shape index (κ2) is 13.1. The Hall–Kier alpha value is -2.29.